The molecule has 1 aliphatic carbocycles. The van der Waals surface area contributed by atoms with Gasteiger partial charge in [0.2, 0.25) is 0 Å². The Hall–Kier alpha value is -7.04. The van der Waals surface area contributed by atoms with E-state index >= 15 is 45.5 Å². The molecule has 0 atom stereocenters. The van der Waals surface area contributed by atoms with Gasteiger partial charge in [-0.15, -0.1) is 22.7 Å². The molecule has 0 radical (unpaired) electrons. The minimum Gasteiger partial charge on any atom is -0.371 e. The van der Waals surface area contributed by atoms with Crippen LogP contribution in [0.1, 0.15) is 230 Å². The first-order valence-corrected chi connectivity index (χ1v) is 36.5. The Morgan fingerprint density at radius 2 is 0.830 bits per heavy atom. The van der Waals surface area contributed by atoms with Gasteiger partial charge in [0.05, 0.1) is 16.8 Å². The zero-order valence-electron chi connectivity index (χ0n) is 54.4. The highest BCUT2D eigenvalue weighted by atomic mass is 32.1. The van der Waals surface area contributed by atoms with Gasteiger partial charge in [-0.3, -0.25) is 24.1 Å². The zero-order valence-corrected chi connectivity index (χ0v) is 56.0. The molecule has 94 heavy (non-hydrogen) atoms. The van der Waals surface area contributed by atoms with Crippen LogP contribution in [0.15, 0.2) is 78.9 Å². The van der Waals surface area contributed by atoms with Crippen LogP contribution >= 0.6 is 22.7 Å². The van der Waals surface area contributed by atoms with E-state index in [2.05, 4.69) is 23.6 Å². The molecular weight excluding hydrogens is 1240 g/mol. The number of allylic oxidation sites excluding steroid dienone is 2. The number of benzene rings is 7. The number of carbonyl (C=O) groups is 4. The number of anilines is 3. The molecule has 16 heteroatoms. The van der Waals surface area contributed by atoms with Crippen molar-refractivity contribution in [2.24, 2.45) is 0 Å². The fourth-order valence-corrected chi connectivity index (χ4v) is 18.9. The molecule has 0 bridgehead atoms. The molecule has 6 heterocycles. The fraction of sp³-hybridized carbons (Fsp3) is 0.462. The molecule has 2 aromatic heterocycles. The fourth-order valence-electron chi connectivity index (χ4n) is 16.7. The summed E-state index contributed by atoms with van der Waals surface area (Å²) in [4.78, 5) is 70.2. The van der Waals surface area contributed by atoms with Crippen molar-refractivity contribution in [2.45, 2.75) is 206 Å². The van der Waals surface area contributed by atoms with E-state index in [1.807, 2.05) is 30.3 Å². The highest BCUT2D eigenvalue weighted by molar-refractivity contribution is 7.19. The van der Waals surface area contributed by atoms with E-state index in [4.69, 9.17) is 0 Å². The van der Waals surface area contributed by atoms with Gasteiger partial charge in [0.15, 0.2) is 0 Å². The second kappa shape index (κ2) is 25.5. The van der Waals surface area contributed by atoms with Crippen molar-refractivity contribution in [1.82, 2.24) is 4.90 Å². The van der Waals surface area contributed by atoms with E-state index in [9.17, 15) is 0 Å². The Kier molecular flexibility index (Phi) is 17.5. The second-order valence-corrected chi connectivity index (χ2v) is 29.9. The number of hydrogen-bond donors (Lipinski definition) is 0. The maximum Gasteiger partial charge on any atom is 0.380 e. The summed E-state index contributed by atoms with van der Waals surface area (Å²) in [7, 11) is 0. The maximum absolute atomic E-state index is 16.6. The van der Waals surface area contributed by atoms with Crippen LogP contribution in [-0.4, -0.2) is 78.5 Å². The van der Waals surface area contributed by atoms with Crippen LogP contribution in [0.2, 0.25) is 0 Å². The number of nitrogens with zero attached hydrogens (tertiary/aromatic N) is 4. The van der Waals surface area contributed by atoms with Crippen LogP contribution in [0.3, 0.4) is 0 Å². The third-order valence-corrected chi connectivity index (χ3v) is 23.6. The van der Waals surface area contributed by atoms with Gasteiger partial charge < -0.3 is 9.80 Å². The van der Waals surface area contributed by atoms with Gasteiger partial charge in [-0.2, -0.15) is 26.3 Å². The lowest BCUT2D eigenvalue weighted by Crippen LogP contribution is -2.48. The molecule has 0 spiro atoms. The van der Waals surface area contributed by atoms with Crippen molar-refractivity contribution >= 4 is 138 Å². The molecule has 0 saturated carbocycles. The first-order valence-electron chi connectivity index (χ1n) is 34.9. The number of imide groups is 2. The smallest absolute Gasteiger partial charge is 0.371 e. The van der Waals surface area contributed by atoms with E-state index in [1.165, 1.54) is 115 Å². The van der Waals surface area contributed by atoms with Crippen molar-refractivity contribution in [2.75, 3.05) is 40.9 Å². The number of halogens is 6. The summed E-state index contributed by atoms with van der Waals surface area (Å²) in [6.07, 6.45) is 26.5. The molecule has 14 rings (SSSR count). The molecule has 4 amide bonds. The topological polar surface area (TPSA) is 81.2 Å². The molecule has 492 valence electrons. The lowest BCUT2D eigenvalue weighted by atomic mass is 9.80. The number of amides is 4. The maximum atomic E-state index is 16.6. The average molecular weight is 1320 g/mol. The Morgan fingerprint density at radius 1 is 0.426 bits per heavy atom. The van der Waals surface area contributed by atoms with Crippen molar-refractivity contribution < 1.29 is 45.5 Å². The highest BCUT2D eigenvalue weighted by Gasteiger charge is 2.80. The number of alkyl halides is 6. The normalized spacial score (nSPS) is 17.9. The van der Waals surface area contributed by atoms with Crippen LogP contribution in [-0.2, 0) is 0 Å². The average Bonchev–Trinajstić information content (AvgIpc) is 0.817. The molecule has 2 saturated heterocycles. The Morgan fingerprint density at radius 3 is 1.33 bits per heavy atom. The van der Waals surface area contributed by atoms with Crippen LogP contribution in [0.25, 0.3) is 74.4 Å². The predicted octanol–water partition coefficient (Wildman–Crippen LogP) is 22.4. The molecule has 5 aliphatic rings. The number of hydrogen-bond acceptors (Lipinski definition) is 8. The van der Waals surface area contributed by atoms with Gasteiger partial charge in [0, 0.05) is 139 Å². The Labute approximate surface area is 553 Å². The number of rotatable bonds is 26. The van der Waals surface area contributed by atoms with Crippen LogP contribution in [0.4, 0.5) is 43.4 Å². The van der Waals surface area contributed by atoms with Gasteiger partial charge in [0.25, 0.3) is 23.6 Å². The number of unbranched alkanes of at least 4 members (excludes halogenated alkanes) is 16. The van der Waals surface area contributed by atoms with Crippen molar-refractivity contribution in [3.8, 4) is 0 Å². The summed E-state index contributed by atoms with van der Waals surface area (Å²) in [6, 6.07) is 21.9. The van der Waals surface area contributed by atoms with Gasteiger partial charge in [0.1, 0.15) is 0 Å². The largest absolute Gasteiger partial charge is 0.380 e. The lowest BCUT2D eigenvalue weighted by Gasteiger charge is -2.36. The summed E-state index contributed by atoms with van der Waals surface area (Å²) < 4.78 is 98.7. The highest BCUT2D eigenvalue weighted by Crippen LogP contribution is 2.67. The van der Waals surface area contributed by atoms with E-state index < -0.39 is 46.3 Å². The number of carbonyl (C=O) groups excluding carboxylic acids is 4. The standard InChI is InChI=1S/C78H82F6N4O4S2/c1-5-7-9-11-13-15-17-19-21-29-48(30-22-20-18-16-14-12-10-8-6-2)87-72(89)54-37-35-52-67-59(86-41-27-28-42-86)45-57-65-55(38-36-53(69(65)67)66-58(85-39-25-26-40-85)44-56(74(87)91)64(54)68(52)66)73(90)88(75(57)92)49-33-34-51-61(43-49)94-47(4)63(51)71-70(76(79,80)78(83,84)77(71,81)82)62-46(3)93-60-32-24-23-31-50(60)62/h23-24,31-38,43-45,48H,5-22,25-30,39-42H2,1-4H3. The second-order valence-electron chi connectivity index (χ2n) is 27.4. The number of thiophene rings is 2. The molecule has 2 fully saturated rings. The molecule has 0 unspecified atom stereocenters. The van der Waals surface area contributed by atoms with Crippen LogP contribution in [0.5, 0.6) is 0 Å². The number of aryl methyl sites for hydroxylation is 2. The Bertz CT molecular complexity index is 4510. The zero-order chi connectivity index (χ0) is 65.5. The first kappa shape index (κ1) is 64.3. The summed E-state index contributed by atoms with van der Waals surface area (Å²) in [6.45, 7) is 10.3. The summed E-state index contributed by atoms with van der Waals surface area (Å²) in [5, 5.41) is 6.13. The van der Waals surface area contributed by atoms with E-state index in [0.29, 0.717) is 39.7 Å². The van der Waals surface area contributed by atoms with E-state index in [0.717, 1.165) is 161 Å². The van der Waals surface area contributed by atoms with E-state index in [1.54, 1.807) is 29.2 Å². The van der Waals surface area contributed by atoms with Crippen molar-refractivity contribution in [3.05, 3.63) is 122 Å². The van der Waals surface area contributed by atoms with Gasteiger partial charge in [-0.25, -0.2) is 4.90 Å². The number of fused-ring (bicyclic) bond motifs is 4. The molecular formula is C78H82F6N4O4S2. The van der Waals surface area contributed by atoms with Crippen molar-refractivity contribution in [3.63, 3.8) is 0 Å². The van der Waals surface area contributed by atoms with Gasteiger partial charge in [-0.05, 0) is 106 Å². The van der Waals surface area contributed by atoms with Gasteiger partial charge >= 0.3 is 17.8 Å². The third kappa shape index (κ3) is 10.3. The monoisotopic (exact) mass is 1320 g/mol. The lowest BCUT2D eigenvalue weighted by molar-refractivity contribution is -0.254. The Balaban J connectivity index is 0.869. The molecule has 8 nitrogen and oxygen atoms in total. The predicted molar refractivity (Wildman–Crippen MR) is 374 cm³/mol. The van der Waals surface area contributed by atoms with Crippen molar-refractivity contribution in [1.29, 1.82) is 0 Å². The molecule has 9 aromatic rings. The SMILES string of the molecule is CCCCCCCCCCCC(CCCCCCCCCCC)N1C(=O)c2ccc3c4c(N5CCCC5)cc5c6c(ccc(c7c(N8CCCC8)cc(c2c37)C1=O)c64)C(=O)N(c1ccc2c(C3=C(c4c(C)sc6ccccc46)C(F)(F)C(F)(F)C3(F)F)c(C)sc2c1)C5=O. The summed E-state index contributed by atoms with van der Waals surface area (Å²) in [5.41, 5.74) is -0.342. The van der Waals surface area contributed by atoms with E-state index in [-0.39, 0.29) is 65.5 Å². The first-order chi connectivity index (χ1) is 45.4. The third-order valence-electron chi connectivity index (χ3n) is 21.4. The summed E-state index contributed by atoms with van der Waals surface area (Å²) in [5.74, 6) is -18.1. The molecule has 7 aromatic carbocycles. The van der Waals surface area contributed by atoms with Gasteiger partial charge in [-0.1, -0.05) is 166 Å². The quantitative estimate of drug-likeness (QED) is 0.0177. The minimum atomic E-state index is -5.78. The van der Waals surface area contributed by atoms with Crippen LogP contribution < -0.4 is 14.7 Å². The summed E-state index contributed by atoms with van der Waals surface area (Å²) >= 11 is 2.00. The minimum absolute atomic E-state index is 0.00276. The molecule has 4 aliphatic heterocycles. The van der Waals surface area contributed by atoms with Crippen LogP contribution in [0, 0.1) is 13.8 Å². The molecule has 0 N–H and O–H groups in total.